The number of hydrogen-bond acceptors (Lipinski definition) is 3. The Bertz CT molecular complexity index is 377. The molecule has 16 heavy (non-hydrogen) atoms. The molecule has 0 spiro atoms. The van der Waals surface area contributed by atoms with Gasteiger partial charge in [0.2, 0.25) is 0 Å². The van der Waals surface area contributed by atoms with E-state index in [1.165, 1.54) is 0 Å². The molecule has 1 aliphatic rings. The number of rotatable bonds is 1. The van der Waals surface area contributed by atoms with Crippen molar-refractivity contribution in [1.82, 2.24) is 4.90 Å². The average molecular weight is 221 g/mol. The predicted molar refractivity (Wildman–Crippen MR) is 62.1 cm³/mol. The van der Waals surface area contributed by atoms with Crippen LogP contribution in [-0.2, 0) is 0 Å². The molecule has 5 nitrogen and oxygen atoms in total. The van der Waals surface area contributed by atoms with Gasteiger partial charge in [0.25, 0.3) is 0 Å². The van der Waals surface area contributed by atoms with E-state index < -0.39 is 6.10 Å². The van der Waals surface area contributed by atoms with E-state index in [4.69, 9.17) is 5.73 Å². The van der Waals surface area contributed by atoms with Gasteiger partial charge in [0.15, 0.2) is 0 Å². The Balaban J connectivity index is 1.94. The molecule has 1 aliphatic heterocycles. The van der Waals surface area contributed by atoms with Crippen LogP contribution in [0.25, 0.3) is 0 Å². The molecule has 0 radical (unpaired) electrons. The summed E-state index contributed by atoms with van der Waals surface area (Å²) < 4.78 is 0. The van der Waals surface area contributed by atoms with Gasteiger partial charge in [-0.3, -0.25) is 0 Å². The van der Waals surface area contributed by atoms with E-state index in [0.29, 0.717) is 30.9 Å². The number of carbonyl (C=O) groups is 1. The van der Waals surface area contributed by atoms with E-state index in [1.54, 1.807) is 29.2 Å². The molecule has 0 aliphatic carbocycles. The first kappa shape index (κ1) is 10.8. The lowest BCUT2D eigenvalue weighted by Crippen LogP contribution is -2.33. The molecule has 1 heterocycles. The van der Waals surface area contributed by atoms with Crippen LogP contribution in [0, 0.1) is 0 Å². The quantitative estimate of drug-likeness (QED) is 0.616. The highest BCUT2D eigenvalue weighted by Crippen LogP contribution is 2.14. The maximum atomic E-state index is 11.7. The molecule has 1 atom stereocenters. The summed E-state index contributed by atoms with van der Waals surface area (Å²) in [5, 5.41) is 12.1. The van der Waals surface area contributed by atoms with Crippen molar-refractivity contribution < 1.29 is 9.90 Å². The second kappa shape index (κ2) is 4.40. The topological polar surface area (TPSA) is 78.6 Å². The number of aliphatic hydroxyl groups is 1. The van der Waals surface area contributed by atoms with Crippen LogP contribution in [0.5, 0.6) is 0 Å². The lowest BCUT2D eigenvalue weighted by molar-refractivity contribution is 0.176. The number of aliphatic hydroxyl groups excluding tert-OH is 1. The van der Waals surface area contributed by atoms with Crippen molar-refractivity contribution in [2.24, 2.45) is 0 Å². The van der Waals surface area contributed by atoms with Gasteiger partial charge in [-0.2, -0.15) is 0 Å². The van der Waals surface area contributed by atoms with Crippen molar-refractivity contribution in [1.29, 1.82) is 0 Å². The minimum absolute atomic E-state index is 0.179. The van der Waals surface area contributed by atoms with Crippen molar-refractivity contribution >= 4 is 17.4 Å². The first-order valence-corrected chi connectivity index (χ1v) is 5.24. The average Bonchev–Trinajstić information content (AvgIpc) is 2.68. The summed E-state index contributed by atoms with van der Waals surface area (Å²) in [5.41, 5.74) is 6.91. The SMILES string of the molecule is Nc1ccc(NC(=O)N2CCC(O)C2)cc1. The highest BCUT2D eigenvalue weighted by molar-refractivity contribution is 5.89. The molecule has 2 rings (SSSR count). The third-order valence-electron chi connectivity index (χ3n) is 2.61. The van der Waals surface area contributed by atoms with Crippen molar-refractivity contribution in [3.05, 3.63) is 24.3 Å². The number of hydrogen-bond donors (Lipinski definition) is 3. The molecule has 1 unspecified atom stereocenters. The number of carbonyl (C=O) groups excluding carboxylic acids is 1. The van der Waals surface area contributed by atoms with Crippen LogP contribution in [0.1, 0.15) is 6.42 Å². The molecule has 0 saturated carbocycles. The van der Waals surface area contributed by atoms with Gasteiger partial charge in [-0.15, -0.1) is 0 Å². The fourth-order valence-electron chi connectivity index (χ4n) is 1.70. The number of urea groups is 1. The maximum Gasteiger partial charge on any atom is 0.321 e. The smallest absolute Gasteiger partial charge is 0.321 e. The molecule has 4 N–H and O–H groups in total. The Morgan fingerprint density at radius 1 is 1.44 bits per heavy atom. The van der Waals surface area contributed by atoms with Crippen LogP contribution in [0.4, 0.5) is 16.2 Å². The van der Waals surface area contributed by atoms with E-state index in [-0.39, 0.29) is 6.03 Å². The highest BCUT2D eigenvalue weighted by atomic mass is 16.3. The van der Waals surface area contributed by atoms with Crippen molar-refractivity contribution in [2.45, 2.75) is 12.5 Å². The molecule has 5 heteroatoms. The van der Waals surface area contributed by atoms with Crippen molar-refractivity contribution in [3.63, 3.8) is 0 Å². The number of β-amino-alcohol motifs (C(OH)–C–C–N with tert-alkyl or cyclic N) is 1. The number of likely N-dealkylation sites (tertiary alicyclic amines) is 1. The zero-order valence-electron chi connectivity index (χ0n) is 8.89. The molecule has 86 valence electrons. The molecule has 1 aromatic carbocycles. The number of nitrogen functional groups attached to an aromatic ring is 1. The van der Waals surface area contributed by atoms with Gasteiger partial charge >= 0.3 is 6.03 Å². The van der Waals surface area contributed by atoms with Gasteiger partial charge in [-0.25, -0.2) is 4.79 Å². The van der Waals surface area contributed by atoms with Gasteiger partial charge < -0.3 is 21.1 Å². The van der Waals surface area contributed by atoms with E-state index in [0.717, 1.165) is 0 Å². The third kappa shape index (κ3) is 2.43. The largest absolute Gasteiger partial charge is 0.399 e. The normalized spacial score (nSPS) is 19.8. The fraction of sp³-hybridized carbons (Fsp3) is 0.364. The predicted octanol–water partition coefficient (Wildman–Crippen LogP) is 0.867. The molecular formula is C11H15N3O2. The lowest BCUT2D eigenvalue weighted by atomic mass is 10.3. The minimum atomic E-state index is -0.392. The van der Waals surface area contributed by atoms with Crippen LogP contribution in [0.3, 0.4) is 0 Å². The molecule has 0 aromatic heterocycles. The summed E-state index contributed by atoms with van der Waals surface area (Å²) in [5.74, 6) is 0. The minimum Gasteiger partial charge on any atom is -0.399 e. The molecule has 1 aromatic rings. The van der Waals surface area contributed by atoms with Gasteiger partial charge in [0.1, 0.15) is 0 Å². The summed E-state index contributed by atoms with van der Waals surface area (Å²) in [7, 11) is 0. The second-order valence-electron chi connectivity index (χ2n) is 3.94. The fourth-order valence-corrected chi connectivity index (χ4v) is 1.70. The number of benzene rings is 1. The monoisotopic (exact) mass is 221 g/mol. The molecule has 0 bridgehead atoms. The number of nitrogens with two attached hydrogens (primary N) is 1. The van der Waals surface area contributed by atoms with Gasteiger partial charge in [-0.1, -0.05) is 0 Å². The van der Waals surface area contributed by atoms with E-state index in [9.17, 15) is 9.90 Å². The number of nitrogens with one attached hydrogen (secondary N) is 1. The molecule has 2 amide bonds. The highest BCUT2D eigenvalue weighted by Gasteiger charge is 2.24. The lowest BCUT2D eigenvalue weighted by Gasteiger charge is -2.16. The standard InChI is InChI=1S/C11H15N3O2/c12-8-1-3-9(4-2-8)13-11(16)14-6-5-10(15)7-14/h1-4,10,15H,5-7,12H2,(H,13,16). The van der Waals surface area contributed by atoms with E-state index >= 15 is 0 Å². The Morgan fingerprint density at radius 3 is 2.69 bits per heavy atom. The number of anilines is 2. The summed E-state index contributed by atoms with van der Waals surface area (Å²) in [4.78, 5) is 13.3. The van der Waals surface area contributed by atoms with Crippen LogP contribution in [-0.4, -0.2) is 35.2 Å². The Kier molecular flexibility index (Phi) is 2.96. The van der Waals surface area contributed by atoms with Crippen LogP contribution in [0.2, 0.25) is 0 Å². The first-order valence-electron chi connectivity index (χ1n) is 5.24. The number of nitrogens with zero attached hydrogens (tertiary/aromatic N) is 1. The van der Waals surface area contributed by atoms with Crippen LogP contribution < -0.4 is 11.1 Å². The Morgan fingerprint density at radius 2 is 2.12 bits per heavy atom. The summed E-state index contributed by atoms with van der Waals surface area (Å²) >= 11 is 0. The van der Waals surface area contributed by atoms with Crippen molar-refractivity contribution in [3.8, 4) is 0 Å². The van der Waals surface area contributed by atoms with Crippen molar-refractivity contribution in [2.75, 3.05) is 24.1 Å². The molecule has 1 saturated heterocycles. The van der Waals surface area contributed by atoms with Crippen LogP contribution >= 0.6 is 0 Å². The zero-order chi connectivity index (χ0) is 11.5. The van der Waals surface area contributed by atoms with Gasteiger partial charge in [0, 0.05) is 24.5 Å². The van der Waals surface area contributed by atoms with E-state index in [1.807, 2.05) is 0 Å². The summed E-state index contributed by atoms with van der Waals surface area (Å²) in [6.07, 6.45) is 0.256. The summed E-state index contributed by atoms with van der Waals surface area (Å²) in [6.45, 7) is 1.00. The Labute approximate surface area is 93.9 Å². The van der Waals surface area contributed by atoms with E-state index in [2.05, 4.69) is 5.32 Å². The van der Waals surface area contributed by atoms with Gasteiger partial charge in [-0.05, 0) is 30.7 Å². The summed E-state index contributed by atoms with van der Waals surface area (Å²) in [6, 6.07) is 6.78. The zero-order valence-corrected chi connectivity index (χ0v) is 8.89. The van der Waals surface area contributed by atoms with Gasteiger partial charge in [0.05, 0.1) is 6.10 Å². The van der Waals surface area contributed by atoms with Crippen LogP contribution in [0.15, 0.2) is 24.3 Å². The Hall–Kier alpha value is -1.75. The maximum absolute atomic E-state index is 11.7. The third-order valence-corrected chi connectivity index (χ3v) is 2.61. The molecule has 1 fully saturated rings. The molecular weight excluding hydrogens is 206 g/mol. The second-order valence-corrected chi connectivity index (χ2v) is 3.94. The first-order chi connectivity index (χ1) is 7.65. The number of amides is 2.